The van der Waals surface area contributed by atoms with E-state index in [2.05, 4.69) is 6.07 Å². The van der Waals surface area contributed by atoms with Gasteiger partial charge in [0, 0.05) is 13.8 Å². The van der Waals surface area contributed by atoms with Gasteiger partial charge in [-0.15, -0.1) is 0 Å². The van der Waals surface area contributed by atoms with Crippen molar-refractivity contribution in [2.75, 3.05) is 0 Å². The maximum absolute atomic E-state index is 8.75. The third kappa shape index (κ3) is 1.87. The van der Waals surface area contributed by atoms with Crippen molar-refractivity contribution in [1.29, 1.82) is 5.26 Å². The summed E-state index contributed by atoms with van der Waals surface area (Å²) in [7, 11) is 0. The van der Waals surface area contributed by atoms with Gasteiger partial charge in [0.15, 0.2) is 0 Å². The van der Waals surface area contributed by atoms with Gasteiger partial charge in [-0.25, -0.2) is 0 Å². The van der Waals surface area contributed by atoms with E-state index in [9.17, 15) is 0 Å². The van der Waals surface area contributed by atoms with Crippen molar-refractivity contribution in [2.24, 2.45) is 0 Å². The second-order valence-electron chi connectivity index (χ2n) is 4.80. The van der Waals surface area contributed by atoms with E-state index in [1.807, 2.05) is 13.8 Å². The largest absolute Gasteiger partial charge is 0.463 e. The van der Waals surface area contributed by atoms with E-state index in [0.29, 0.717) is 0 Å². The molecule has 0 atom stereocenters. The molecule has 0 aromatic carbocycles. The average molecular weight is 207 g/mol. The molecule has 1 heterocycles. The molecule has 0 N–H and O–H groups in total. The fourth-order valence-electron chi connectivity index (χ4n) is 2.59. The molecule has 2 fully saturated rings. The molecule has 82 valence electrons. The molecule has 0 unspecified atom stereocenters. The summed E-state index contributed by atoms with van der Waals surface area (Å²) in [5.41, 5.74) is -0.308. The van der Waals surface area contributed by atoms with Gasteiger partial charge in [0.25, 0.3) is 0 Å². The van der Waals surface area contributed by atoms with Crippen molar-refractivity contribution in [3.63, 3.8) is 0 Å². The third-order valence-electron chi connectivity index (χ3n) is 3.10. The van der Waals surface area contributed by atoms with E-state index in [4.69, 9.17) is 14.7 Å². The highest BCUT2D eigenvalue weighted by Gasteiger charge is 2.50. The second-order valence-corrected chi connectivity index (χ2v) is 4.80. The molecule has 1 saturated heterocycles. The molecule has 3 nitrogen and oxygen atoms in total. The SMILES string of the molecule is CC1(C)O/C(=C\C#N)C2(CCCCC2)O1. The smallest absolute Gasteiger partial charge is 0.205 e. The number of nitrogens with zero attached hydrogens (tertiary/aromatic N) is 1. The summed E-state index contributed by atoms with van der Waals surface area (Å²) < 4.78 is 11.7. The van der Waals surface area contributed by atoms with Gasteiger partial charge in [0.1, 0.15) is 11.4 Å². The Kier molecular flexibility index (Phi) is 2.47. The quantitative estimate of drug-likeness (QED) is 0.573. The van der Waals surface area contributed by atoms with E-state index in [1.165, 1.54) is 12.5 Å². The molecule has 0 aromatic rings. The zero-order valence-electron chi connectivity index (χ0n) is 9.38. The fourth-order valence-corrected chi connectivity index (χ4v) is 2.59. The molecule has 0 bridgehead atoms. The van der Waals surface area contributed by atoms with Gasteiger partial charge in [0.05, 0.1) is 12.1 Å². The number of allylic oxidation sites excluding steroid dienone is 1. The first-order chi connectivity index (χ1) is 7.08. The van der Waals surface area contributed by atoms with Crippen molar-refractivity contribution in [3.05, 3.63) is 11.8 Å². The molecule has 1 aliphatic heterocycles. The molecular weight excluding hydrogens is 190 g/mol. The van der Waals surface area contributed by atoms with Gasteiger partial charge < -0.3 is 9.47 Å². The Hall–Kier alpha value is -1.01. The molecule has 1 saturated carbocycles. The molecule has 0 aromatic heterocycles. The van der Waals surface area contributed by atoms with Crippen LogP contribution < -0.4 is 0 Å². The molecule has 1 aliphatic carbocycles. The van der Waals surface area contributed by atoms with Crippen LogP contribution in [-0.4, -0.2) is 11.4 Å². The van der Waals surface area contributed by atoms with E-state index < -0.39 is 5.79 Å². The Morgan fingerprint density at radius 3 is 2.53 bits per heavy atom. The van der Waals surface area contributed by atoms with Crippen molar-refractivity contribution in [3.8, 4) is 6.07 Å². The van der Waals surface area contributed by atoms with E-state index in [0.717, 1.165) is 31.4 Å². The minimum Gasteiger partial charge on any atom is -0.463 e. The van der Waals surface area contributed by atoms with Gasteiger partial charge in [-0.1, -0.05) is 19.3 Å². The Morgan fingerprint density at radius 1 is 1.27 bits per heavy atom. The lowest BCUT2D eigenvalue weighted by atomic mass is 9.83. The highest BCUT2D eigenvalue weighted by Crippen LogP contribution is 2.47. The summed E-state index contributed by atoms with van der Waals surface area (Å²) in [5.74, 6) is 0.148. The lowest BCUT2D eigenvalue weighted by Crippen LogP contribution is -2.35. The Bertz CT molecular complexity index is 319. The van der Waals surface area contributed by atoms with Crippen LogP contribution in [0.5, 0.6) is 0 Å². The molecule has 2 rings (SSSR count). The van der Waals surface area contributed by atoms with Crippen LogP contribution in [0.3, 0.4) is 0 Å². The van der Waals surface area contributed by atoms with Crippen LogP contribution >= 0.6 is 0 Å². The van der Waals surface area contributed by atoms with Gasteiger partial charge >= 0.3 is 0 Å². The lowest BCUT2D eigenvalue weighted by Gasteiger charge is -2.31. The first-order valence-electron chi connectivity index (χ1n) is 5.57. The first kappa shape index (κ1) is 10.5. The van der Waals surface area contributed by atoms with Crippen LogP contribution in [0.4, 0.5) is 0 Å². The number of hydrogen-bond acceptors (Lipinski definition) is 3. The average Bonchev–Trinajstić information content (AvgIpc) is 2.39. The summed E-state index contributed by atoms with van der Waals surface area (Å²) in [6, 6.07) is 2.05. The summed E-state index contributed by atoms with van der Waals surface area (Å²) in [6.07, 6.45) is 7.02. The van der Waals surface area contributed by atoms with Crippen LogP contribution in [0.2, 0.25) is 0 Å². The lowest BCUT2D eigenvalue weighted by molar-refractivity contribution is -0.166. The van der Waals surface area contributed by atoms with Gasteiger partial charge in [0.2, 0.25) is 5.79 Å². The molecule has 0 radical (unpaired) electrons. The summed E-state index contributed by atoms with van der Waals surface area (Å²) in [4.78, 5) is 0. The number of nitriles is 1. The van der Waals surface area contributed by atoms with Crippen molar-refractivity contribution >= 4 is 0 Å². The predicted octanol–water partition coefficient (Wildman–Crippen LogP) is 2.88. The molecule has 2 aliphatic rings. The summed E-state index contributed by atoms with van der Waals surface area (Å²) >= 11 is 0. The highest BCUT2D eigenvalue weighted by molar-refractivity contribution is 5.22. The van der Waals surface area contributed by atoms with Crippen LogP contribution in [0.15, 0.2) is 11.8 Å². The zero-order chi connectivity index (χ0) is 10.9. The fraction of sp³-hybridized carbons (Fsp3) is 0.750. The van der Waals surface area contributed by atoms with Gasteiger partial charge in [-0.2, -0.15) is 5.26 Å². The second kappa shape index (κ2) is 3.53. The summed E-state index contributed by atoms with van der Waals surface area (Å²) in [6.45, 7) is 3.81. The standard InChI is InChI=1S/C12H17NO2/c1-11(2)14-10(6-9-13)12(15-11)7-4-3-5-8-12/h6H,3-5,7-8H2,1-2H3/b10-6-. The zero-order valence-corrected chi connectivity index (χ0v) is 9.38. The van der Waals surface area contributed by atoms with Crippen molar-refractivity contribution < 1.29 is 9.47 Å². The summed E-state index contributed by atoms with van der Waals surface area (Å²) in [5, 5.41) is 8.75. The molecule has 1 spiro atoms. The topological polar surface area (TPSA) is 42.2 Å². The highest BCUT2D eigenvalue weighted by atomic mass is 16.8. The molecular formula is C12H17NO2. The van der Waals surface area contributed by atoms with Crippen LogP contribution in [0.1, 0.15) is 46.0 Å². The van der Waals surface area contributed by atoms with Gasteiger partial charge in [-0.3, -0.25) is 0 Å². The van der Waals surface area contributed by atoms with E-state index in [1.54, 1.807) is 0 Å². The predicted molar refractivity (Wildman–Crippen MR) is 55.8 cm³/mol. The molecule has 15 heavy (non-hydrogen) atoms. The van der Waals surface area contributed by atoms with Crippen molar-refractivity contribution in [1.82, 2.24) is 0 Å². The molecule has 0 amide bonds. The van der Waals surface area contributed by atoms with Crippen molar-refractivity contribution in [2.45, 2.75) is 57.3 Å². The van der Waals surface area contributed by atoms with Crippen LogP contribution in [-0.2, 0) is 9.47 Å². The number of hydrogen-bond donors (Lipinski definition) is 0. The van der Waals surface area contributed by atoms with Gasteiger partial charge in [-0.05, 0) is 12.8 Å². The minimum absolute atomic E-state index is 0.308. The minimum atomic E-state index is -0.583. The Balaban J connectivity index is 2.29. The number of ether oxygens (including phenoxy) is 2. The van der Waals surface area contributed by atoms with Crippen LogP contribution in [0.25, 0.3) is 0 Å². The number of rotatable bonds is 0. The van der Waals surface area contributed by atoms with E-state index in [-0.39, 0.29) is 5.60 Å². The maximum atomic E-state index is 8.75. The first-order valence-corrected chi connectivity index (χ1v) is 5.57. The third-order valence-corrected chi connectivity index (χ3v) is 3.10. The van der Waals surface area contributed by atoms with Crippen LogP contribution in [0, 0.1) is 11.3 Å². The Morgan fingerprint density at radius 2 is 1.93 bits per heavy atom. The maximum Gasteiger partial charge on any atom is 0.205 e. The normalized spacial score (nSPS) is 30.1. The Labute approximate surface area is 90.7 Å². The monoisotopic (exact) mass is 207 g/mol. The van der Waals surface area contributed by atoms with E-state index >= 15 is 0 Å². The molecule has 3 heteroatoms.